The summed E-state index contributed by atoms with van der Waals surface area (Å²) in [6.45, 7) is 4.79. The third-order valence-corrected chi connectivity index (χ3v) is 6.90. The molecule has 3 aromatic rings. The predicted octanol–water partition coefficient (Wildman–Crippen LogP) is 6.28. The molecule has 9 heteroatoms. The maximum absolute atomic E-state index is 14.2. The van der Waals surface area contributed by atoms with Crippen molar-refractivity contribution in [1.29, 1.82) is 0 Å². The molecule has 0 aliphatic carbocycles. The smallest absolute Gasteiger partial charge is 0.411 e. The zero-order valence-electron chi connectivity index (χ0n) is 21.3. The van der Waals surface area contributed by atoms with Gasteiger partial charge in [-0.15, -0.1) is 0 Å². The van der Waals surface area contributed by atoms with Gasteiger partial charge >= 0.3 is 12.1 Å². The van der Waals surface area contributed by atoms with E-state index < -0.39 is 29.1 Å². The van der Waals surface area contributed by atoms with Crippen molar-refractivity contribution in [3.63, 3.8) is 0 Å². The quantitative estimate of drug-likeness (QED) is 0.364. The van der Waals surface area contributed by atoms with Crippen molar-refractivity contribution >= 4 is 12.1 Å². The summed E-state index contributed by atoms with van der Waals surface area (Å²) in [5.41, 5.74) is 1.33. The van der Waals surface area contributed by atoms with Crippen LogP contribution in [0.25, 0.3) is 11.1 Å². The summed E-state index contributed by atoms with van der Waals surface area (Å²) in [6, 6.07) is 15.7. The number of hydrogen-bond donors (Lipinski definition) is 2. The Bertz CT molecular complexity index is 1280. The Morgan fingerprint density at radius 3 is 2.32 bits per heavy atom. The molecular weight excluding hydrogens is 495 g/mol. The van der Waals surface area contributed by atoms with Crippen LogP contribution in [0.2, 0.25) is 0 Å². The molecule has 2 unspecified atom stereocenters. The number of cyclic esters (lactones) is 1. The number of benzene rings is 3. The lowest BCUT2D eigenvalue weighted by atomic mass is 9.85. The van der Waals surface area contributed by atoms with Crippen LogP contribution in [-0.2, 0) is 10.3 Å². The molecule has 4 rings (SSSR count). The van der Waals surface area contributed by atoms with Crippen LogP contribution in [0.5, 0.6) is 0 Å². The van der Waals surface area contributed by atoms with Gasteiger partial charge in [0.2, 0.25) is 0 Å². The molecule has 0 bridgehead atoms. The third-order valence-electron chi connectivity index (χ3n) is 6.90. The molecule has 6 nitrogen and oxygen atoms in total. The Morgan fingerprint density at radius 1 is 1.00 bits per heavy atom. The maximum Gasteiger partial charge on any atom is 0.411 e. The summed E-state index contributed by atoms with van der Waals surface area (Å²) in [6.07, 6.45) is 0.228. The SMILES string of the molecule is CCNC(=O)NCCC1(c2ccc(F)cc2)CCN(C(C)c2ccc(-c3ccc(F)cc3F)cc2)C(=O)O1. The van der Waals surface area contributed by atoms with E-state index in [0.29, 0.717) is 37.1 Å². The molecule has 2 N–H and O–H groups in total. The number of carbonyl (C=O) groups excluding carboxylic acids is 2. The third kappa shape index (κ3) is 5.93. The zero-order chi connectivity index (χ0) is 27.3. The predicted molar refractivity (Wildman–Crippen MR) is 138 cm³/mol. The topological polar surface area (TPSA) is 70.7 Å². The Morgan fingerprint density at radius 2 is 1.68 bits per heavy atom. The van der Waals surface area contributed by atoms with E-state index in [1.54, 1.807) is 41.3 Å². The Kier molecular flexibility index (Phi) is 8.24. The van der Waals surface area contributed by atoms with E-state index in [0.717, 1.165) is 11.6 Å². The van der Waals surface area contributed by atoms with E-state index in [-0.39, 0.29) is 24.2 Å². The van der Waals surface area contributed by atoms with Crippen LogP contribution in [0.15, 0.2) is 66.7 Å². The monoisotopic (exact) mass is 525 g/mol. The van der Waals surface area contributed by atoms with Crippen LogP contribution in [0.4, 0.5) is 22.8 Å². The summed E-state index contributed by atoms with van der Waals surface area (Å²) in [4.78, 5) is 26.7. The summed E-state index contributed by atoms with van der Waals surface area (Å²) < 4.78 is 47.1. The second-order valence-corrected chi connectivity index (χ2v) is 9.27. The number of urea groups is 1. The normalized spacial score (nSPS) is 18.0. The molecule has 3 amide bonds. The number of halogens is 3. The highest BCUT2D eigenvalue weighted by Crippen LogP contribution is 2.39. The maximum atomic E-state index is 14.2. The minimum absolute atomic E-state index is 0.257. The first-order chi connectivity index (χ1) is 18.2. The van der Waals surface area contributed by atoms with Crippen molar-refractivity contribution in [2.45, 2.75) is 38.3 Å². The lowest BCUT2D eigenvalue weighted by molar-refractivity contribution is -0.0647. The van der Waals surface area contributed by atoms with Crippen molar-refractivity contribution < 1.29 is 27.5 Å². The second kappa shape index (κ2) is 11.6. The van der Waals surface area contributed by atoms with E-state index in [4.69, 9.17) is 4.74 Å². The molecule has 1 heterocycles. The Labute approximate surface area is 219 Å². The summed E-state index contributed by atoms with van der Waals surface area (Å²) in [7, 11) is 0. The Balaban J connectivity index is 1.49. The summed E-state index contributed by atoms with van der Waals surface area (Å²) in [5, 5.41) is 5.42. The average Bonchev–Trinajstić information content (AvgIpc) is 2.89. The van der Waals surface area contributed by atoms with Gasteiger partial charge in [0, 0.05) is 44.1 Å². The first kappa shape index (κ1) is 27.0. The fourth-order valence-electron chi connectivity index (χ4n) is 4.74. The van der Waals surface area contributed by atoms with Crippen LogP contribution >= 0.6 is 0 Å². The van der Waals surface area contributed by atoms with E-state index in [2.05, 4.69) is 10.6 Å². The fraction of sp³-hybridized carbons (Fsp3) is 0.310. The standard InChI is InChI=1S/C29H30F3N3O3/c1-3-33-27(36)34-16-14-29(22-8-10-23(30)11-9-22)15-17-35(28(37)38-29)19(2)20-4-6-21(7-5-20)25-13-12-24(31)18-26(25)32/h4-13,18-19H,3,14-17H2,1-2H3,(H2,33,34,36). The summed E-state index contributed by atoms with van der Waals surface area (Å²) >= 11 is 0. The van der Waals surface area contributed by atoms with E-state index in [9.17, 15) is 22.8 Å². The van der Waals surface area contributed by atoms with Crippen molar-refractivity contribution in [3.8, 4) is 11.1 Å². The lowest BCUT2D eigenvalue weighted by Gasteiger charge is -2.43. The first-order valence-electron chi connectivity index (χ1n) is 12.5. The number of carbonyl (C=O) groups is 2. The molecule has 1 aliphatic rings. The highest BCUT2D eigenvalue weighted by Gasteiger charge is 2.43. The summed E-state index contributed by atoms with van der Waals surface area (Å²) in [5.74, 6) is -1.69. The van der Waals surface area contributed by atoms with Gasteiger partial charge in [-0.2, -0.15) is 0 Å². The molecule has 0 radical (unpaired) electrons. The van der Waals surface area contributed by atoms with Gasteiger partial charge in [-0.3, -0.25) is 0 Å². The number of rotatable bonds is 8. The molecule has 3 aromatic carbocycles. The molecule has 1 aliphatic heterocycles. The minimum atomic E-state index is -1.02. The molecule has 38 heavy (non-hydrogen) atoms. The van der Waals surface area contributed by atoms with Gasteiger partial charge in [-0.25, -0.2) is 22.8 Å². The largest absolute Gasteiger partial charge is 0.438 e. The first-order valence-corrected chi connectivity index (χ1v) is 12.5. The van der Waals surface area contributed by atoms with Crippen molar-refractivity contribution in [2.75, 3.05) is 19.6 Å². The highest BCUT2D eigenvalue weighted by atomic mass is 19.1. The van der Waals surface area contributed by atoms with Crippen LogP contribution in [0, 0.1) is 17.5 Å². The molecule has 0 spiro atoms. The fourth-order valence-corrected chi connectivity index (χ4v) is 4.74. The number of nitrogens with zero attached hydrogens (tertiary/aromatic N) is 1. The highest BCUT2D eigenvalue weighted by molar-refractivity contribution is 5.73. The van der Waals surface area contributed by atoms with E-state index in [1.807, 2.05) is 13.8 Å². The van der Waals surface area contributed by atoms with Crippen LogP contribution in [-0.4, -0.2) is 36.7 Å². The minimum Gasteiger partial charge on any atom is -0.438 e. The van der Waals surface area contributed by atoms with Crippen molar-refractivity contribution in [2.24, 2.45) is 0 Å². The molecular formula is C29H30F3N3O3. The molecule has 0 saturated carbocycles. The lowest BCUT2D eigenvalue weighted by Crippen LogP contribution is -2.50. The van der Waals surface area contributed by atoms with E-state index in [1.165, 1.54) is 24.3 Å². The van der Waals surface area contributed by atoms with Gasteiger partial charge in [0.15, 0.2) is 0 Å². The van der Waals surface area contributed by atoms with Crippen LogP contribution in [0.3, 0.4) is 0 Å². The molecule has 2 atom stereocenters. The van der Waals surface area contributed by atoms with Gasteiger partial charge in [0.1, 0.15) is 23.1 Å². The van der Waals surface area contributed by atoms with Gasteiger partial charge < -0.3 is 20.3 Å². The number of hydrogen-bond acceptors (Lipinski definition) is 3. The number of ether oxygens (including phenoxy) is 1. The molecule has 0 aromatic heterocycles. The van der Waals surface area contributed by atoms with Gasteiger partial charge in [-0.1, -0.05) is 36.4 Å². The van der Waals surface area contributed by atoms with Gasteiger partial charge in [0.25, 0.3) is 0 Å². The Hall–Kier alpha value is -4.01. The second-order valence-electron chi connectivity index (χ2n) is 9.27. The van der Waals surface area contributed by atoms with Crippen molar-refractivity contribution in [1.82, 2.24) is 15.5 Å². The van der Waals surface area contributed by atoms with Crippen LogP contribution < -0.4 is 10.6 Å². The van der Waals surface area contributed by atoms with Crippen molar-refractivity contribution in [3.05, 3.63) is 95.3 Å². The average molecular weight is 526 g/mol. The number of nitrogens with one attached hydrogen (secondary N) is 2. The number of amides is 3. The molecule has 200 valence electrons. The van der Waals surface area contributed by atoms with Crippen LogP contribution in [0.1, 0.15) is 43.9 Å². The van der Waals surface area contributed by atoms with Gasteiger partial charge in [-0.05, 0) is 54.8 Å². The van der Waals surface area contributed by atoms with Gasteiger partial charge in [0.05, 0.1) is 6.04 Å². The van der Waals surface area contributed by atoms with E-state index >= 15 is 0 Å². The zero-order valence-corrected chi connectivity index (χ0v) is 21.3. The molecule has 1 saturated heterocycles. The molecule has 1 fully saturated rings.